The van der Waals surface area contributed by atoms with Crippen molar-refractivity contribution in [2.24, 2.45) is 14.1 Å². The summed E-state index contributed by atoms with van der Waals surface area (Å²) in [5.74, 6) is 0. The molecule has 1 N–H and O–H groups in total. The first-order chi connectivity index (χ1) is 12.2. The van der Waals surface area contributed by atoms with Gasteiger partial charge in [-0.15, -0.1) is 0 Å². The lowest BCUT2D eigenvalue weighted by Crippen LogP contribution is -1.92. The van der Waals surface area contributed by atoms with Crippen molar-refractivity contribution in [3.63, 3.8) is 0 Å². The molecule has 0 fully saturated rings. The van der Waals surface area contributed by atoms with Crippen LogP contribution in [-0.4, -0.2) is 24.3 Å². The summed E-state index contributed by atoms with van der Waals surface area (Å²) < 4.78 is 4.20. The Hall–Kier alpha value is -3.08. The molecular formula is C20H19N5. The molecule has 0 aliphatic carbocycles. The molecule has 0 bridgehead atoms. The number of pyridine rings is 1. The molecule has 5 aromatic rings. The number of aromatic amines is 1. The molecule has 5 heteroatoms. The van der Waals surface area contributed by atoms with Gasteiger partial charge in [0.25, 0.3) is 0 Å². The summed E-state index contributed by atoms with van der Waals surface area (Å²) >= 11 is 0. The van der Waals surface area contributed by atoms with Crippen LogP contribution in [0.15, 0.2) is 42.9 Å². The molecule has 0 saturated carbocycles. The van der Waals surface area contributed by atoms with Crippen LogP contribution in [0.3, 0.4) is 0 Å². The fourth-order valence-electron chi connectivity index (χ4n) is 3.93. The first kappa shape index (κ1) is 14.3. The van der Waals surface area contributed by atoms with Crippen molar-refractivity contribution in [3.05, 3.63) is 48.4 Å². The smallest absolute Gasteiger partial charge is 0.162 e. The van der Waals surface area contributed by atoms with Crippen molar-refractivity contribution >= 4 is 32.8 Å². The van der Waals surface area contributed by atoms with Gasteiger partial charge in [0.05, 0.1) is 16.6 Å². The number of hydrogen-bond acceptors (Lipinski definition) is 2. The Bertz CT molecular complexity index is 1250. The Morgan fingerprint density at radius 2 is 2.04 bits per heavy atom. The SMILES string of the molecule is CCc1c(-c2cccc3c2ccn3C)nc2ncc3c[nH]n(C)c3c12. The number of aromatic nitrogens is 5. The molecule has 5 nitrogen and oxygen atoms in total. The van der Waals surface area contributed by atoms with Gasteiger partial charge in [0.2, 0.25) is 0 Å². The van der Waals surface area contributed by atoms with E-state index in [9.17, 15) is 0 Å². The van der Waals surface area contributed by atoms with Crippen LogP contribution < -0.4 is 0 Å². The van der Waals surface area contributed by atoms with Crippen molar-refractivity contribution in [3.8, 4) is 11.3 Å². The third-order valence-electron chi connectivity index (χ3n) is 5.15. The van der Waals surface area contributed by atoms with Crippen LogP contribution in [-0.2, 0) is 20.5 Å². The minimum absolute atomic E-state index is 0.822. The van der Waals surface area contributed by atoms with Crippen molar-refractivity contribution < 1.29 is 0 Å². The van der Waals surface area contributed by atoms with Gasteiger partial charge < -0.3 is 9.67 Å². The topological polar surface area (TPSA) is 51.4 Å². The van der Waals surface area contributed by atoms with Gasteiger partial charge in [0.15, 0.2) is 5.65 Å². The van der Waals surface area contributed by atoms with Crippen LogP contribution in [0.1, 0.15) is 12.5 Å². The van der Waals surface area contributed by atoms with Crippen LogP contribution in [0, 0.1) is 0 Å². The van der Waals surface area contributed by atoms with Crippen LogP contribution in [0.4, 0.5) is 0 Å². The van der Waals surface area contributed by atoms with Gasteiger partial charge in [0, 0.05) is 54.5 Å². The summed E-state index contributed by atoms with van der Waals surface area (Å²) in [7, 11) is 4.11. The van der Waals surface area contributed by atoms with Crippen LogP contribution in [0.5, 0.6) is 0 Å². The van der Waals surface area contributed by atoms with Gasteiger partial charge >= 0.3 is 0 Å². The first-order valence-corrected chi connectivity index (χ1v) is 8.55. The fraction of sp³-hybridized carbons (Fsp3) is 0.200. The zero-order valence-electron chi connectivity index (χ0n) is 14.5. The maximum absolute atomic E-state index is 4.94. The highest BCUT2D eigenvalue weighted by atomic mass is 15.2. The third kappa shape index (κ3) is 1.83. The summed E-state index contributed by atoms with van der Waals surface area (Å²) in [6.07, 6.45) is 6.91. The minimum Gasteiger partial charge on any atom is -0.351 e. The Balaban J connectivity index is 1.93. The van der Waals surface area contributed by atoms with Gasteiger partial charge in [-0.05, 0) is 24.1 Å². The van der Waals surface area contributed by atoms with Gasteiger partial charge in [-0.3, -0.25) is 4.68 Å². The Kier molecular flexibility index (Phi) is 2.83. The number of rotatable bonds is 2. The molecule has 0 saturated heterocycles. The summed E-state index contributed by atoms with van der Waals surface area (Å²) in [6.45, 7) is 2.19. The monoisotopic (exact) mass is 329 g/mol. The normalized spacial score (nSPS) is 12.0. The van der Waals surface area contributed by atoms with Crippen LogP contribution in [0.2, 0.25) is 0 Å². The molecule has 25 heavy (non-hydrogen) atoms. The summed E-state index contributed by atoms with van der Waals surface area (Å²) in [5, 5.41) is 6.75. The molecule has 0 spiro atoms. The zero-order chi connectivity index (χ0) is 17.1. The second kappa shape index (κ2) is 4.96. The molecule has 124 valence electrons. The van der Waals surface area contributed by atoms with E-state index in [0.29, 0.717) is 0 Å². The molecule has 5 rings (SSSR count). The van der Waals surface area contributed by atoms with Crippen molar-refractivity contribution in [1.29, 1.82) is 0 Å². The highest BCUT2D eigenvalue weighted by Crippen LogP contribution is 2.37. The predicted molar refractivity (Wildman–Crippen MR) is 102 cm³/mol. The quantitative estimate of drug-likeness (QED) is 0.528. The van der Waals surface area contributed by atoms with Crippen LogP contribution in [0.25, 0.3) is 44.1 Å². The average Bonchev–Trinajstić information content (AvgIpc) is 3.30. The average molecular weight is 329 g/mol. The highest BCUT2D eigenvalue weighted by molar-refractivity contribution is 6.08. The zero-order valence-corrected chi connectivity index (χ0v) is 14.5. The van der Waals surface area contributed by atoms with E-state index in [4.69, 9.17) is 4.98 Å². The predicted octanol–water partition coefficient (Wildman–Crippen LogP) is 4.17. The van der Waals surface area contributed by atoms with Crippen molar-refractivity contribution in [2.75, 3.05) is 0 Å². The number of nitrogens with zero attached hydrogens (tertiary/aromatic N) is 4. The molecule has 0 aliphatic rings. The molecule has 0 unspecified atom stereocenters. The molecule has 0 atom stereocenters. The number of aryl methyl sites for hydroxylation is 3. The molecule has 0 aliphatic heterocycles. The lowest BCUT2D eigenvalue weighted by molar-refractivity contribution is 0.799. The highest BCUT2D eigenvalue weighted by Gasteiger charge is 2.19. The second-order valence-corrected chi connectivity index (χ2v) is 6.55. The standard InChI is InChI=1S/C20H19N5/c1-4-13-17-19-12(11-22-25(19)3)10-21-20(17)23-18(13)15-6-5-7-16-14(15)8-9-24(16)2/h5-11,22H,4H2,1-3H3. The van der Waals surface area contributed by atoms with E-state index in [1.54, 1.807) is 0 Å². The Morgan fingerprint density at radius 3 is 2.88 bits per heavy atom. The summed E-state index contributed by atoms with van der Waals surface area (Å²) in [6, 6.07) is 8.59. The molecule has 1 aromatic carbocycles. The largest absolute Gasteiger partial charge is 0.351 e. The van der Waals surface area contributed by atoms with Gasteiger partial charge in [-0.25, -0.2) is 9.97 Å². The lowest BCUT2D eigenvalue weighted by atomic mass is 10.0. The number of H-pyrrole nitrogens is 1. The number of benzene rings is 1. The third-order valence-corrected chi connectivity index (χ3v) is 5.15. The fourth-order valence-corrected chi connectivity index (χ4v) is 3.93. The van der Waals surface area contributed by atoms with Gasteiger partial charge in [-0.1, -0.05) is 19.1 Å². The maximum Gasteiger partial charge on any atom is 0.162 e. The van der Waals surface area contributed by atoms with E-state index in [-0.39, 0.29) is 0 Å². The van der Waals surface area contributed by atoms with Crippen molar-refractivity contribution in [2.45, 2.75) is 13.3 Å². The number of fused-ring (bicyclic) bond motifs is 4. The van der Waals surface area contributed by atoms with E-state index in [2.05, 4.69) is 59.1 Å². The van der Waals surface area contributed by atoms with E-state index < -0.39 is 0 Å². The molecule has 4 aromatic heterocycles. The van der Waals surface area contributed by atoms with E-state index in [0.717, 1.165) is 28.5 Å². The second-order valence-electron chi connectivity index (χ2n) is 6.55. The summed E-state index contributed by atoms with van der Waals surface area (Å²) in [5.41, 5.74) is 6.70. The van der Waals surface area contributed by atoms with Gasteiger partial charge in [0.1, 0.15) is 0 Å². The Morgan fingerprint density at radius 1 is 1.16 bits per heavy atom. The molecule has 0 radical (unpaired) electrons. The lowest BCUT2D eigenvalue weighted by Gasteiger charge is -2.05. The molecular weight excluding hydrogens is 310 g/mol. The minimum atomic E-state index is 0.822. The van der Waals surface area contributed by atoms with Crippen molar-refractivity contribution in [1.82, 2.24) is 24.3 Å². The Labute approximate surface area is 144 Å². The number of nitrogens with one attached hydrogen (secondary N) is 1. The summed E-state index contributed by atoms with van der Waals surface area (Å²) in [4.78, 5) is 9.55. The maximum atomic E-state index is 4.94. The number of hydrogen-bond donors (Lipinski definition) is 1. The van der Waals surface area contributed by atoms with Crippen LogP contribution >= 0.6 is 0 Å². The van der Waals surface area contributed by atoms with E-state index in [1.807, 2.05) is 24.1 Å². The van der Waals surface area contributed by atoms with E-state index >= 15 is 0 Å². The molecule has 0 amide bonds. The van der Waals surface area contributed by atoms with E-state index in [1.165, 1.54) is 27.5 Å². The molecule has 4 heterocycles. The first-order valence-electron chi connectivity index (χ1n) is 8.55. The van der Waals surface area contributed by atoms with Gasteiger partial charge in [-0.2, -0.15) is 0 Å².